The normalized spacial score (nSPS) is 10.4. The Balaban J connectivity index is 2.15. The van der Waals surface area contributed by atoms with Gasteiger partial charge in [0.25, 0.3) is 5.91 Å². The summed E-state index contributed by atoms with van der Waals surface area (Å²) < 4.78 is 5.60. The maximum absolute atomic E-state index is 12.6. The van der Waals surface area contributed by atoms with Crippen LogP contribution in [-0.4, -0.2) is 25.0 Å². The molecule has 0 spiro atoms. The molecule has 126 valence electrons. The van der Waals surface area contributed by atoms with E-state index in [1.165, 1.54) is 6.92 Å². The molecular weight excluding hydrogens is 304 g/mol. The monoisotopic (exact) mass is 326 g/mol. The zero-order valence-corrected chi connectivity index (χ0v) is 14.4. The first kappa shape index (κ1) is 17.5. The van der Waals surface area contributed by atoms with E-state index in [9.17, 15) is 9.59 Å². The van der Waals surface area contributed by atoms with E-state index in [0.29, 0.717) is 11.3 Å². The van der Waals surface area contributed by atoms with Gasteiger partial charge in [0.05, 0.1) is 6.10 Å². The minimum Gasteiger partial charge on any atom is -0.491 e. The fraction of sp³-hybridized carbons (Fsp3) is 0.263. The second kappa shape index (κ2) is 7.64. The summed E-state index contributed by atoms with van der Waals surface area (Å²) in [5, 5.41) is 2.68. The van der Waals surface area contributed by atoms with Gasteiger partial charge in [-0.25, -0.2) is 0 Å². The average Bonchev–Trinajstić information content (AvgIpc) is 2.53. The van der Waals surface area contributed by atoms with Crippen LogP contribution in [0.25, 0.3) is 0 Å². The third-order valence-corrected chi connectivity index (χ3v) is 3.33. The molecule has 0 fully saturated rings. The molecule has 2 aromatic rings. The Morgan fingerprint density at radius 3 is 2.33 bits per heavy atom. The topological polar surface area (TPSA) is 58.6 Å². The van der Waals surface area contributed by atoms with Crippen LogP contribution in [0.4, 0.5) is 11.4 Å². The lowest BCUT2D eigenvalue weighted by atomic mass is 10.1. The van der Waals surface area contributed by atoms with Crippen LogP contribution in [0.2, 0.25) is 0 Å². The van der Waals surface area contributed by atoms with Crippen LogP contribution in [0, 0.1) is 0 Å². The molecule has 0 saturated heterocycles. The zero-order chi connectivity index (χ0) is 17.7. The molecule has 0 aliphatic heterocycles. The van der Waals surface area contributed by atoms with Crippen molar-refractivity contribution in [2.75, 3.05) is 17.3 Å². The summed E-state index contributed by atoms with van der Waals surface area (Å²) in [6.45, 7) is 5.36. The molecule has 0 radical (unpaired) electrons. The third-order valence-electron chi connectivity index (χ3n) is 3.33. The summed E-state index contributed by atoms with van der Waals surface area (Å²) in [4.78, 5) is 25.3. The number of carbonyl (C=O) groups excluding carboxylic acids is 2. The second-order valence-electron chi connectivity index (χ2n) is 5.79. The summed E-state index contributed by atoms with van der Waals surface area (Å²) >= 11 is 0. The standard InChI is InChI=1S/C19H22N2O3/c1-13(2)24-18-10-8-17(9-11-18)21(4)19(23)15-6-5-7-16(12-15)20-14(3)22/h5-13H,1-4H3,(H,20,22). The fourth-order valence-electron chi connectivity index (χ4n) is 2.26. The highest BCUT2D eigenvalue weighted by Crippen LogP contribution is 2.21. The van der Waals surface area contributed by atoms with E-state index in [1.807, 2.05) is 38.1 Å². The number of carbonyl (C=O) groups is 2. The molecule has 0 aliphatic rings. The van der Waals surface area contributed by atoms with Gasteiger partial charge in [-0.1, -0.05) is 6.07 Å². The highest BCUT2D eigenvalue weighted by molar-refractivity contribution is 6.06. The predicted molar refractivity (Wildman–Crippen MR) is 95.7 cm³/mol. The van der Waals surface area contributed by atoms with Crippen molar-refractivity contribution in [3.63, 3.8) is 0 Å². The quantitative estimate of drug-likeness (QED) is 0.911. The van der Waals surface area contributed by atoms with Crippen LogP contribution in [0.15, 0.2) is 48.5 Å². The highest BCUT2D eigenvalue weighted by Gasteiger charge is 2.14. The molecule has 24 heavy (non-hydrogen) atoms. The lowest BCUT2D eigenvalue weighted by Gasteiger charge is -2.18. The number of amides is 2. The van der Waals surface area contributed by atoms with Crippen LogP contribution < -0.4 is 15.0 Å². The summed E-state index contributed by atoms with van der Waals surface area (Å²) in [6.07, 6.45) is 0.103. The molecule has 0 heterocycles. The van der Waals surface area contributed by atoms with Crippen LogP contribution in [0.3, 0.4) is 0 Å². The van der Waals surface area contributed by atoms with Crippen molar-refractivity contribution in [1.29, 1.82) is 0 Å². The molecule has 0 unspecified atom stereocenters. The molecule has 5 nitrogen and oxygen atoms in total. The van der Waals surface area contributed by atoms with Gasteiger partial charge in [-0.15, -0.1) is 0 Å². The number of nitrogens with one attached hydrogen (secondary N) is 1. The van der Waals surface area contributed by atoms with Crippen molar-refractivity contribution < 1.29 is 14.3 Å². The first-order chi connectivity index (χ1) is 11.4. The fourth-order valence-corrected chi connectivity index (χ4v) is 2.26. The van der Waals surface area contributed by atoms with E-state index in [-0.39, 0.29) is 17.9 Å². The van der Waals surface area contributed by atoms with Crippen LogP contribution in [0.5, 0.6) is 5.75 Å². The van der Waals surface area contributed by atoms with Gasteiger partial charge in [0.1, 0.15) is 5.75 Å². The Hall–Kier alpha value is -2.82. The van der Waals surface area contributed by atoms with Gasteiger partial charge in [0.15, 0.2) is 0 Å². The average molecular weight is 326 g/mol. The van der Waals surface area contributed by atoms with E-state index in [1.54, 1.807) is 36.2 Å². The van der Waals surface area contributed by atoms with Crippen molar-refractivity contribution in [3.05, 3.63) is 54.1 Å². The van der Waals surface area contributed by atoms with Crippen LogP contribution in [0.1, 0.15) is 31.1 Å². The maximum atomic E-state index is 12.6. The summed E-state index contributed by atoms with van der Waals surface area (Å²) in [6, 6.07) is 14.2. The second-order valence-corrected chi connectivity index (χ2v) is 5.79. The first-order valence-corrected chi connectivity index (χ1v) is 7.79. The SMILES string of the molecule is CC(=O)Nc1cccc(C(=O)N(C)c2ccc(OC(C)C)cc2)c1. The molecular formula is C19H22N2O3. The minimum absolute atomic E-state index is 0.103. The van der Waals surface area contributed by atoms with E-state index >= 15 is 0 Å². The zero-order valence-electron chi connectivity index (χ0n) is 14.4. The van der Waals surface area contributed by atoms with Gasteiger partial charge in [-0.2, -0.15) is 0 Å². The lowest BCUT2D eigenvalue weighted by Crippen LogP contribution is -2.26. The molecule has 0 aromatic heterocycles. The van der Waals surface area contributed by atoms with Crippen molar-refractivity contribution >= 4 is 23.2 Å². The number of anilines is 2. The van der Waals surface area contributed by atoms with Crippen LogP contribution >= 0.6 is 0 Å². The van der Waals surface area contributed by atoms with Crippen molar-refractivity contribution in [2.45, 2.75) is 26.9 Å². The number of benzene rings is 2. The third kappa shape index (κ3) is 4.59. The van der Waals surface area contributed by atoms with Crippen molar-refractivity contribution in [1.82, 2.24) is 0 Å². The van der Waals surface area contributed by atoms with Gasteiger partial charge >= 0.3 is 0 Å². The van der Waals surface area contributed by atoms with Gasteiger partial charge < -0.3 is 15.0 Å². The number of hydrogen-bond donors (Lipinski definition) is 1. The Labute approximate surface area is 142 Å². The van der Waals surface area contributed by atoms with Crippen molar-refractivity contribution in [3.8, 4) is 5.75 Å². The molecule has 5 heteroatoms. The van der Waals surface area contributed by atoms with Gasteiger partial charge in [0, 0.05) is 30.9 Å². The maximum Gasteiger partial charge on any atom is 0.258 e. The highest BCUT2D eigenvalue weighted by atomic mass is 16.5. The summed E-state index contributed by atoms with van der Waals surface area (Å²) in [5.41, 5.74) is 1.87. The number of rotatable bonds is 5. The molecule has 2 aromatic carbocycles. The number of hydrogen-bond acceptors (Lipinski definition) is 3. The molecule has 0 aliphatic carbocycles. The molecule has 0 atom stereocenters. The van der Waals surface area contributed by atoms with Gasteiger partial charge in [0.2, 0.25) is 5.91 Å². The molecule has 0 bridgehead atoms. The van der Waals surface area contributed by atoms with E-state index in [0.717, 1.165) is 11.4 Å². The van der Waals surface area contributed by atoms with Crippen LogP contribution in [-0.2, 0) is 4.79 Å². The Morgan fingerprint density at radius 2 is 1.75 bits per heavy atom. The number of ether oxygens (including phenoxy) is 1. The molecule has 0 saturated carbocycles. The lowest BCUT2D eigenvalue weighted by molar-refractivity contribution is -0.114. The molecule has 2 amide bonds. The minimum atomic E-state index is -0.173. The Kier molecular flexibility index (Phi) is 5.58. The first-order valence-electron chi connectivity index (χ1n) is 7.79. The Bertz CT molecular complexity index is 724. The molecule has 1 N–H and O–H groups in total. The smallest absolute Gasteiger partial charge is 0.258 e. The van der Waals surface area contributed by atoms with Crippen molar-refractivity contribution in [2.24, 2.45) is 0 Å². The molecule has 2 rings (SSSR count). The Morgan fingerprint density at radius 1 is 1.08 bits per heavy atom. The summed E-state index contributed by atoms with van der Waals surface area (Å²) in [7, 11) is 1.71. The predicted octanol–water partition coefficient (Wildman–Crippen LogP) is 3.71. The van der Waals surface area contributed by atoms with E-state index < -0.39 is 0 Å². The van der Waals surface area contributed by atoms with Gasteiger partial charge in [-0.05, 0) is 56.3 Å². The van der Waals surface area contributed by atoms with Gasteiger partial charge in [-0.3, -0.25) is 9.59 Å². The number of nitrogens with zero attached hydrogens (tertiary/aromatic N) is 1. The van der Waals surface area contributed by atoms with E-state index in [4.69, 9.17) is 4.74 Å². The summed E-state index contributed by atoms with van der Waals surface area (Å²) in [5.74, 6) is 0.440. The largest absolute Gasteiger partial charge is 0.491 e. The van der Waals surface area contributed by atoms with E-state index in [2.05, 4.69) is 5.32 Å².